The zero-order valence-electron chi connectivity index (χ0n) is 16.9. The molecule has 0 saturated carbocycles. The summed E-state index contributed by atoms with van der Waals surface area (Å²) in [6.07, 6.45) is 2.02. The van der Waals surface area contributed by atoms with E-state index in [0.29, 0.717) is 23.5 Å². The number of carbonyl (C=O) groups excluding carboxylic acids is 1. The summed E-state index contributed by atoms with van der Waals surface area (Å²) in [5, 5.41) is 12.5. The van der Waals surface area contributed by atoms with Gasteiger partial charge in [-0.2, -0.15) is 0 Å². The molecule has 0 saturated heterocycles. The molecule has 1 atom stereocenters. The molecule has 1 heterocycles. The molecule has 0 fully saturated rings. The zero-order valence-corrected chi connectivity index (χ0v) is 16.9. The maximum atomic E-state index is 13.1. The molecule has 1 unspecified atom stereocenters. The molecule has 0 bridgehead atoms. The summed E-state index contributed by atoms with van der Waals surface area (Å²) in [5.74, 6) is 1.84. The third-order valence-corrected chi connectivity index (χ3v) is 5.99. The van der Waals surface area contributed by atoms with Gasteiger partial charge in [0, 0.05) is 29.9 Å². The lowest BCUT2D eigenvalue weighted by Gasteiger charge is -2.34. The quantitative estimate of drug-likeness (QED) is 0.661. The molecule has 3 aromatic carbocycles. The number of benzene rings is 3. The van der Waals surface area contributed by atoms with E-state index in [-0.39, 0.29) is 17.5 Å². The van der Waals surface area contributed by atoms with Gasteiger partial charge in [0.25, 0.3) is 0 Å². The Morgan fingerprint density at radius 3 is 2.47 bits per heavy atom. The number of ketones is 1. The normalized spacial score (nSPS) is 17.9. The van der Waals surface area contributed by atoms with Crippen LogP contribution in [0.5, 0.6) is 23.0 Å². The summed E-state index contributed by atoms with van der Waals surface area (Å²) < 4.78 is 17.0. The molecule has 5 rings (SSSR count). The number of allylic oxidation sites excluding steroid dienone is 2. The Morgan fingerprint density at radius 2 is 1.73 bits per heavy atom. The van der Waals surface area contributed by atoms with Crippen LogP contribution in [0, 0.1) is 0 Å². The van der Waals surface area contributed by atoms with Gasteiger partial charge >= 0.3 is 0 Å². The number of phenols is 1. The van der Waals surface area contributed by atoms with Crippen LogP contribution in [0.25, 0.3) is 10.8 Å². The van der Waals surface area contributed by atoms with Crippen LogP contribution < -0.4 is 14.2 Å². The molecule has 3 aromatic rings. The zero-order chi connectivity index (χ0) is 20.8. The van der Waals surface area contributed by atoms with E-state index in [2.05, 4.69) is 12.1 Å². The van der Waals surface area contributed by atoms with E-state index < -0.39 is 0 Å². The van der Waals surface area contributed by atoms with E-state index in [1.54, 1.807) is 12.1 Å². The topological polar surface area (TPSA) is 65.0 Å². The summed E-state index contributed by atoms with van der Waals surface area (Å²) >= 11 is 0. The van der Waals surface area contributed by atoms with Gasteiger partial charge in [0.2, 0.25) is 5.75 Å². The number of ether oxygens (including phenoxy) is 3. The molecule has 152 valence electrons. The summed E-state index contributed by atoms with van der Waals surface area (Å²) in [6.45, 7) is 0. The van der Waals surface area contributed by atoms with E-state index in [9.17, 15) is 9.90 Å². The number of phenolic OH excluding ortho intramolecular Hbond substituents is 1. The minimum Gasteiger partial charge on any atom is -0.502 e. The van der Waals surface area contributed by atoms with E-state index in [1.165, 1.54) is 14.2 Å². The first-order valence-electron chi connectivity index (χ1n) is 10.0. The number of aromatic hydroxyl groups is 1. The van der Waals surface area contributed by atoms with E-state index in [0.717, 1.165) is 46.2 Å². The Kier molecular flexibility index (Phi) is 4.39. The monoisotopic (exact) mass is 402 g/mol. The first-order valence-corrected chi connectivity index (χ1v) is 10.0. The minimum atomic E-state index is -0.328. The van der Waals surface area contributed by atoms with Crippen molar-refractivity contribution in [3.63, 3.8) is 0 Å². The van der Waals surface area contributed by atoms with E-state index >= 15 is 0 Å². The van der Waals surface area contributed by atoms with Gasteiger partial charge in [-0.25, -0.2) is 0 Å². The minimum absolute atomic E-state index is 0.0573. The molecular formula is C25H22O5. The van der Waals surface area contributed by atoms with Crippen molar-refractivity contribution in [2.45, 2.75) is 25.2 Å². The average molecular weight is 402 g/mol. The van der Waals surface area contributed by atoms with Gasteiger partial charge in [-0.3, -0.25) is 4.79 Å². The number of fused-ring (bicyclic) bond motifs is 3. The molecule has 2 aliphatic rings. The van der Waals surface area contributed by atoms with Crippen molar-refractivity contribution in [2.24, 2.45) is 0 Å². The first-order chi connectivity index (χ1) is 14.6. The largest absolute Gasteiger partial charge is 0.502 e. The van der Waals surface area contributed by atoms with E-state index in [1.807, 2.05) is 24.3 Å². The number of carbonyl (C=O) groups is 1. The molecule has 1 aliphatic heterocycles. The molecule has 1 aliphatic carbocycles. The van der Waals surface area contributed by atoms with Crippen LogP contribution in [-0.4, -0.2) is 25.1 Å². The predicted octanol–water partition coefficient (Wildman–Crippen LogP) is 5.09. The Balaban J connectivity index is 1.84. The van der Waals surface area contributed by atoms with Gasteiger partial charge in [0.05, 0.1) is 14.2 Å². The average Bonchev–Trinajstić information content (AvgIpc) is 2.78. The summed E-state index contributed by atoms with van der Waals surface area (Å²) in [7, 11) is 3.00. The first kappa shape index (κ1) is 18.6. The molecule has 5 heteroatoms. The molecule has 5 nitrogen and oxygen atoms in total. The number of rotatable bonds is 3. The fourth-order valence-corrected chi connectivity index (χ4v) is 4.62. The van der Waals surface area contributed by atoms with Crippen molar-refractivity contribution in [1.29, 1.82) is 0 Å². The predicted molar refractivity (Wildman–Crippen MR) is 114 cm³/mol. The lowest BCUT2D eigenvalue weighted by molar-refractivity contribution is -0.116. The Labute approximate surface area is 174 Å². The van der Waals surface area contributed by atoms with Crippen molar-refractivity contribution < 1.29 is 24.1 Å². The number of hydrogen-bond acceptors (Lipinski definition) is 5. The maximum absolute atomic E-state index is 13.1. The van der Waals surface area contributed by atoms with Crippen molar-refractivity contribution in [3.8, 4) is 23.0 Å². The Morgan fingerprint density at radius 1 is 1.00 bits per heavy atom. The van der Waals surface area contributed by atoms with Gasteiger partial charge in [0.15, 0.2) is 17.3 Å². The summed E-state index contributed by atoms with van der Waals surface area (Å²) in [6, 6.07) is 15.7. The van der Waals surface area contributed by atoms with Crippen LogP contribution in [0.3, 0.4) is 0 Å². The van der Waals surface area contributed by atoms with Crippen LogP contribution in [-0.2, 0) is 4.79 Å². The SMILES string of the molecule is COc1cc(C2C3=C(CCCC3=O)Oc3ccc4ccccc4c32)cc(OC)c1O. The highest BCUT2D eigenvalue weighted by Crippen LogP contribution is 2.51. The van der Waals surface area contributed by atoms with Crippen LogP contribution in [0.1, 0.15) is 36.3 Å². The van der Waals surface area contributed by atoms with Crippen LogP contribution in [0.15, 0.2) is 59.9 Å². The molecule has 0 amide bonds. The smallest absolute Gasteiger partial charge is 0.200 e. The fourth-order valence-electron chi connectivity index (χ4n) is 4.62. The second-order valence-electron chi connectivity index (χ2n) is 7.62. The number of hydrogen-bond donors (Lipinski definition) is 1. The van der Waals surface area contributed by atoms with E-state index in [4.69, 9.17) is 14.2 Å². The fraction of sp³-hybridized carbons (Fsp3) is 0.240. The third-order valence-electron chi connectivity index (χ3n) is 5.99. The summed E-state index contributed by atoms with van der Waals surface area (Å²) in [4.78, 5) is 13.1. The maximum Gasteiger partial charge on any atom is 0.200 e. The highest BCUT2D eigenvalue weighted by atomic mass is 16.5. The lowest BCUT2D eigenvalue weighted by Crippen LogP contribution is -2.25. The highest BCUT2D eigenvalue weighted by Gasteiger charge is 2.38. The Bertz CT molecular complexity index is 1180. The molecular weight excluding hydrogens is 380 g/mol. The molecule has 0 radical (unpaired) electrons. The highest BCUT2D eigenvalue weighted by molar-refractivity contribution is 6.01. The van der Waals surface area contributed by atoms with Crippen LogP contribution in [0.2, 0.25) is 0 Å². The van der Waals surface area contributed by atoms with Gasteiger partial charge in [-0.1, -0.05) is 30.3 Å². The molecule has 1 N–H and O–H groups in total. The Hall–Kier alpha value is -3.47. The molecule has 30 heavy (non-hydrogen) atoms. The number of methoxy groups -OCH3 is 2. The molecule has 0 spiro atoms. The van der Waals surface area contributed by atoms with Crippen molar-refractivity contribution in [3.05, 3.63) is 71.0 Å². The lowest BCUT2D eigenvalue weighted by atomic mass is 9.75. The van der Waals surface area contributed by atoms with Gasteiger partial charge < -0.3 is 19.3 Å². The van der Waals surface area contributed by atoms with Crippen molar-refractivity contribution >= 4 is 16.6 Å². The van der Waals surface area contributed by atoms with Crippen LogP contribution in [0.4, 0.5) is 0 Å². The standard InChI is InChI=1S/C25H22O5/c1-28-20-12-15(13-21(29-2)25(20)27)22-23-16-7-4-3-6-14(16)10-11-19(23)30-18-9-5-8-17(26)24(18)22/h3-4,6-7,10-13,22,27H,5,8-9H2,1-2H3. The molecule has 0 aromatic heterocycles. The number of Topliss-reactive ketones (excluding diaryl/α,β-unsaturated/α-hetero) is 1. The van der Waals surface area contributed by atoms with Crippen molar-refractivity contribution in [2.75, 3.05) is 14.2 Å². The second-order valence-corrected chi connectivity index (χ2v) is 7.62. The van der Waals surface area contributed by atoms with Crippen molar-refractivity contribution in [1.82, 2.24) is 0 Å². The van der Waals surface area contributed by atoms with Gasteiger partial charge in [-0.15, -0.1) is 0 Å². The third kappa shape index (κ3) is 2.73. The second kappa shape index (κ2) is 7.10. The van der Waals surface area contributed by atoms with Gasteiger partial charge in [0.1, 0.15) is 11.5 Å². The van der Waals surface area contributed by atoms with Crippen LogP contribution >= 0.6 is 0 Å². The van der Waals surface area contributed by atoms with Gasteiger partial charge in [-0.05, 0) is 41.0 Å². The summed E-state index contributed by atoms with van der Waals surface area (Å²) in [5.41, 5.74) is 2.47.